The van der Waals surface area contributed by atoms with Crippen LogP contribution in [0.2, 0.25) is 5.02 Å². The van der Waals surface area contributed by atoms with Gasteiger partial charge in [-0.3, -0.25) is 44.1 Å². The number of sulfonamides is 1. The van der Waals surface area contributed by atoms with Crippen LogP contribution in [0.25, 0.3) is 26.9 Å². The van der Waals surface area contributed by atoms with Crippen molar-refractivity contribution in [2.45, 2.75) is 168 Å². The van der Waals surface area contributed by atoms with Gasteiger partial charge in [0.25, 0.3) is 29.0 Å². The lowest BCUT2D eigenvalue weighted by atomic mass is 10.0. The summed E-state index contributed by atoms with van der Waals surface area (Å²) in [5.74, 6) is -1.01. The molecule has 1 saturated carbocycles. The third-order valence-corrected chi connectivity index (χ3v) is 30.6. The van der Waals surface area contributed by atoms with Crippen molar-refractivity contribution < 1.29 is 77.7 Å². The molecule has 17 rings (SSSR count). The summed E-state index contributed by atoms with van der Waals surface area (Å²) in [7, 11) is -5.38. The number of nitrogens with zero attached hydrogens (tertiary/aromatic N) is 6. The minimum atomic E-state index is -3.61. The van der Waals surface area contributed by atoms with Crippen LogP contribution in [0.3, 0.4) is 0 Å². The van der Waals surface area contributed by atoms with Crippen LogP contribution >= 0.6 is 30.2 Å². The Balaban J connectivity index is 0.000000157. The molecule has 0 bridgehead atoms. The molecule has 0 atom stereocenters. The molecule has 6 aromatic heterocycles. The summed E-state index contributed by atoms with van der Waals surface area (Å²) in [5, 5.41) is 30.0. The second-order valence-electron chi connectivity index (χ2n) is 35.8. The van der Waals surface area contributed by atoms with E-state index in [0.29, 0.717) is 61.4 Å². The number of hydrazone groups is 1. The van der Waals surface area contributed by atoms with Crippen LogP contribution in [-0.4, -0.2) is 121 Å². The molecule has 30 nitrogen and oxygen atoms in total. The number of hydrogen-bond donors (Lipinski definition) is 6. The van der Waals surface area contributed by atoms with E-state index in [4.69, 9.17) is 34.6 Å². The number of sulfone groups is 1. The van der Waals surface area contributed by atoms with Gasteiger partial charge in [0.15, 0.2) is 35.3 Å². The zero-order chi connectivity index (χ0) is 105. The van der Waals surface area contributed by atoms with Crippen molar-refractivity contribution in [3.8, 4) is 11.4 Å². The summed E-state index contributed by atoms with van der Waals surface area (Å²) in [5.41, 5.74) is 21.2. The molecule has 1 fully saturated rings. The number of methoxy groups -OCH3 is 1. The topological polar surface area (TPSA) is 407 Å². The lowest BCUT2D eigenvalue weighted by Gasteiger charge is -2.22. The van der Waals surface area contributed by atoms with E-state index in [1.165, 1.54) is 114 Å². The van der Waals surface area contributed by atoms with E-state index in [2.05, 4.69) is 120 Å². The normalized spacial score (nSPS) is 12.3. The van der Waals surface area contributed by atoms with Gasteiger partial charge >= 0.3 is 5.97 Å². The number of furan rings is 2. The van der Waals surface area contributed by atoms with E-state index in [0.717, 1.165) is 111 Å². The number of esters is 1. The Morgan fingerprint density at radius 2 is 1.39 bits per heavy atom. The summed E-state index contributed by atoms with van der Waals surface area (Å²) in [6, 6.07) is 70.7. The number of ether oxygens (including phenoxy) is 3. The fourth-order valence-corrected chi connectivity index (χ4v) is 21.8. The number of benzene rings is 9. The van der Waals surface area contributed by atoms with Gasteiger partial charge in [0.1, 0.15) is 57.8 Å². The average Bonchev–Trinajstić information content (AvgIpc) is 1.62. The SMILES string of the molecule is CC(=O)c1cccc(-n2c(C)cc(/C=N/Nc3ccc([N+](=O)[O-])cn3)c2C)c1C.CN(C)S(=O)(=O)c1cccc(C(=O)Nc2ccc3c(c2)CCC3)c1.COCc1c(C(=O)OCc2nc3ccsc3c(=O)[nH]2)oc2ccccc12.Cc1cc(OCC(=O)NC(C)C)ccc1Cl.Cc1ccc(CP(=O)(Cc2ccc(C)cc2)Nc2ccc(C)cc2)cc1.O=C(NC1CCCC1)c1ccc(CS(=O)(=O)Cc2ccccc2F)o1. The first-order valence-corrected chi connectivity index (χ1v) is 53.6. The van der Waals surface area contributed by atoms with E-state index in [1.54, 1.807) is 68.1 Å². The molecule has 2 aliphatic carbocycles. The number of aromatic amines is 1. The van der Waals surface area contributed by atoms with Crippen molar-refractivity contribution in [1.29, 1.82) is 0 Å². The molecule has 0 radical (unpaired) electrons. The smallest absolute Gasteiger partial charge is 0.375 e. The number of pyridine rings is 1. The third-order valence-electron chi connectivity index (χ3n) is 23.6. The number of halogens is 2. The largest absolute Gasteiger partial charge is 0.484 e. The van der Waals surface area contributed by atoms with Gasteiger partial charge in [-0.05, 0) is 249 Å². The molecule has 36 heteroatoms. The highest BCUT2D eigenvalue weighted by atomic mass is 35.5. The van der Waals surface area contributed by atoms with Gasteiger partial charge in [-0.15, -0.1) is 11.3 Å². The highest BCUT2D eigenvalue weighted by Gasteiger charge is 2.29. The molecule has 6 heterocycles. The molecule has 0 spiro atoms. The first kappa shape index (κ1) is 110. The molecule has 3 amide bonds. The molecule has 762 valence electrons. The van der Waals surface area contributed by atoms with Crippen molar-refractivity contribution >= 4 is 130 Å². The fourth-order valence-electron chi connectivity index (χ4n) is 16.1. The molecule has 6 N–H and O–H groups in total. The third kappa shape index (κ3) is 31.2. The maximum Gasteiger partial charge on any atom is 0.375 e. The van der Waals surface area contributed by atoms with Crippen molar-refractivity contribution in [2.75, 3.05) is 43.6 Å². The first-order valence-electron chi connectivity index (χ1n) is 47.0. The number of nitro groups is 1. The summed E-state index contributed by atoms with van der Waals surface area (Å²) < 4.78 is 107. The number of nitrogens with one attached hydrogen (secondary N) is 6. The quantitative estimate of drug-likeness (QED) is 0.00587. The maximum absolute atomic E-state index is 13.9. The zero-order valence-electron chi connectivity index (χ0n) is 83.3. The number of H-pyrrole nitrogens is 1. The number of para-hydroxylation sites is 1. The number of thiophene rings is 1. The monoisotopic (exact) mass is 2070 g/mol. The molecule has 0 saturated heterocycles. The van der Waals surface area contributed by atoms with Crippen LogP contribution in [0.4, 0.5) is 27.3 Å². The van der Waals surface area contributed by atoms with Crippen LogP contribution in [0.15, 0.2) is 272 Å². The number of carbonyl (C=O) groups excluding carboxylic acids is 5. The lowest BCUT2D eigenvalue weighted by molar-refractivity contribution is -0.385. The van der Waals surface area contributed by atoms with Crippen LogP contribution < -0.4 is 36.8 Å². The number of anilines is 3. The first-order chi connectivity index (χ1) is 69.7. The number of aromatic nitrogens is 4. The van der Waals surface area contributed by atoms with Gasteiger partial charge < -0.3 is 53.6 Å². The van der Waals surface area contributed by atoms with E-state index >= 15 is 0 Å². The van der Waals surface area contributed by atoms with Crippen LogP contribution in [0.1, 0.15) is 184 Å². The summed E-state index contributed by atoms with van der Waals surface area (Å²) in [4.78, 5) is 93.4. The minimum Gasteiger partial charge on any atom is -0.484 e. The number of Topliss-reactive ketones (excluding diaryl/α,β-unsaturated/α-hetero) is 1. The minimum absolute atomic E-state index is 0.0270. The van der Waals surface area contributed by atoms with Crippen molar-refractivity contribution in [2.24, 2.45) is 5.10 Å². The Bertz CT molecular complexity index is 7430. The van der Waals surface area contributed by atoms with Crippen molar-refractivity contribution in [3.05, 3.63) is 392 Å². The number of amides is 3. The molecule has 146 heavy (non-hydrogen) atoms. The molecule has 15 aromatic rings. The highest BCUT2D eigenvalue weighted by Crippen LogP contribution is 2.52. The van der Waals surface area contributed by atoms with Gasteiger partial charge in [0, 0.05) is 118 Å². The number of ketones is 1. The van der Waals surface area contributed by atoms with Crippen molar-refractivity contribution in [1.82, 2.24) is 34.5 Å². The van der Waals surface area contributed by atoms with E-state index in [-0.39, 0.29) is 106 Å². The summed E-state index contributed by atoms with van der Waals surface area (Å²) in [6.07, 6.45) is 11.3. The average molecular weight is 2080 g/mol. The van der Waals surface area contributed by atoms with E-state index in [1.807, 2.05) is 133 Å². The molecule has 0 aliphatic heterocycles. The lowest BCUT2D eigenvalue weighted by Crippen LogP contribution is -2.34. The number of fused-ring (bicyclic) bond motifs is 3. The van der Waals surface area contributed by atoms with Gasteiger partial charge in [-0.1, -0.05) is 162 Å². The molecule has 0 unspecified atom stereocenters. The van der Waals surface area contributed by atoms with Crippen molar-refractivity contribution in [3.63, 3.8) is 0 Å². The van der Waals surface area contributed by atoms with Crippen LogP contribution in [0.5, 0.6) is 5.75 Å². The second kappa shape index (κ2) is 51.2. The molecular formula is C110H117ClFN12O18PS3. The number of aryl methyl sites for hydroxylation is 7. The van der Waals surface area contributed by atoms with Gasteiger partial charge in [0.05, 0.1) is 33.9 Å². The Kier molecular flexibility index (Phi) is 38.6. The standard InChI is InChI=1S/C23H26NOP.C21H21N5O3.C18H20FNO4S.C18H14N2O5S.C18H20N2O3S.C12H16ClNO2/c1-18-4-10-21(11-5-18)16-26(25,17-22-12-6-19(2)7-13-22)24-23-14-8-20(3)9-15-23;1-13-10-17(11-23-24-21-9-8-18(12-22-21)26(28)29)15(3)25(13)20-7-5-6-19(14(20)2)16(4)27;19-16-8-4-1-5-13(16)11-25(22,23)12-15-9-10-17(24-15)18(21)20-14-6-2-3-7-14;1-23-8-11-10-4-2-3-5-13(10)25-15(11)18(22)24-9-14-19-12-6-7-26-16(12)17(21)20-14;1-20(2)24(22,23)17-8-4-7-15(12-17)18(21)19-16-10-9-13-5-3-6-14(13)11-16;1-8(2)14-12(15)7-16-10-4-5-11(13)9(3)6-10/h4-15H,16-17H2,1-3H3,(H,24,25);5-12H,1-4H3,(H,22,24);1,4-5,8-10,14H,2-3,6-7,11-12H2,(H,20,21);2-7H,8-9H2,1H3,(H,19,20,21);4,7-12H,3,5-6H2,1-2H3,(H,19,21);4-6,8H,7H2,1-3H3,(H,14,15)/b;23-11+;;;;. The Morgan fingerprint density at radius 3 is 2.04 bits per heavy atom. The summed E-state index contributed by atoms with van der Waals surface area (Å²) in [6.45, 7) is 19.5. The zero-order valence-corrected chi connectivity index (χ0v) is 87.4. The Hall–Kier alpha value is -14.6. The Morgan fingerprint density at radius 1 is 0.726 bits per heavy atom. The van der Waals surface area contributed by atoms with Crippen LogP contribution in [0, 0.1) is 64.4 Å². The Labute approximate surface area is 856 Å². The number of hydrogen-bond acceptors (Lipinski definition) is 23. The summed E-state index contributed by atoms with van der Waals surface area (Å²) >= 11 is 7.19. The predicted octanol–water partition coefficient (Wildman–Crippen LogP) is 22.7. The highest BCUT2D eigenvalue weighted by molar-refractivity contribution is 7.89. The molecule has 2 aliphatic rings. The predicted molar refractivity (Wildman–Crippen MR) is 570 cm³/mol. The second-order valence-corrected chi connectivity index (χ2v) is 44.0. The van der Waals surface area contributed by atoms with E-state index < -0.39 is 49.6 Å². The van der Waals surface area contributed by atoms with Crippen LogP contribution in [-0.2, 0) is 88.6 Å². The number of rotatable bonds is 31. The molecule has 9 aromatic carbocycles. The number of carbonyl (C=O) groups is 5. The van der Waals surface area contributed by atoms with Gasteiger partial charge in [0.2, 0.25) is 15.8 Å². The fraction of sp³-hybridized carbons (Fsp3) is 0.264. The molecular weight excluding hydrogens is 1960 g/mol. The maximum atomic E-state index is 13.9. The van der Waals surface area contributed by atoms with Gasteiger partial charge in [-0.2, -0.15) is 5.10 Å². The van der Waals surface area contributed by atoms with E-state index in [9.17, 15) is 64.7 Å². The van der Waals surface area contributed by atoms with Gasteiger partial charge in [-0.25, -0.2) is 40.3 Å².